The van der Waals surface area contributed by atoms with Crippen molar-refractivity contribution in [2.45, 2.75) is 22.0 Å². The van der Waals surface area contributed by atoms with E-state index < -0.39 is 0 Å². The first kappa shape index (κ1) is 33.7. The van der Waals surface area contributed by atoms with E-state index in [9.17, 15) is 0 Å². The molecule has 0 spiro atoms. The van der Waals surface area contributed by atoms with Crippen molar-refractivity contribution >= 4 is 34.7 Å². The van der Waals surface area contributed by atoms with Crippen molar-refractivity contribution in [1.29, 1.82) is 0 Å². The number of amidine groups is 1. The Morgan fingerprint density at radius 2 is 1.14 bits per heavy atom. The van der Waals surface area contributed by atoms with Crippen LogP contribution in [0.2, 0.25) is 0 Å². The van der Waals surface area contributed by atoms with E-state index in [1.807, 2.05) is 30.3 Å². The van der Waals surface area contributed by atoms with Crippen LogP contribution in [0.4, 0.5) is 0 Å². The van der Waals surface area contributed by atoms with Gasteiger partial charge < -0.3 is 15.4 Å². The van der Waals surface area contributed by atoms with Gasteiger partial charge in [-0.1, -0.05) is 163 Å². The van der Waals surface area contributed by atoms with Gasteiger partial charge in [0.25, 0.3) is 0 Å². The molecule has 3 heterocycles. The minimum atomic E-state index is -0.282. The van der Waals surface area contributed by atoms with Crippen LogP contribution in [-0.2, 0) is 0 Å². The van der Waals surface area contributed by atoms with Crippen LogP contribution in [0.25, 0.3) is 22.5 Å². The summed E-state index contributed by atoms with van der Waals surface area (Å²) in [7, 11) is 0. The number of nitrogens with one attached hydrogen (secondary N) is 2. The molecule has 3 aliphatic rings. The van der Waals surface area contributed by atoms with Crippen LogP contribution < -0.4 is 15.4 Å². The molecule has 6 heteroatoms. The van der Waals surface area contributed by atoms with Gasteiger partial charge in [-0.15, -0.1) is 0 Å². The monoisotopic (exact) mass is 740 g/mol. The molecule has 10 rings (SSSR count). The second kappa shape index (κ2) is 14.7. The number of para-hydroxylation sites is 1. The Morgan fingerprint density at radius 1 is 0.500 bits per heavy atom. The van der Waals surface area contributed by atoms with Gasteiger partial charge in [0.05, 0.1) is 27.2 Å². The fourth-order valence-electron chi connectivity index (χ4n) is 7.40. The number of aliphatic imine (C=N–C) groups is 2. The summed E-state index contributed by atoms with van der Waals surface area (Å²) in [6.07, 6.45) is 4.13. The van der Waals surface area contributed by atoms with E-state index in [-0.39, 0.29) is 12.2 Å². The SMILES string of the molecule is C1=C(c2ccc(-c3ccc4c(c3)Sc3ccccc3O4)c(C3=NC(c4ccccc4)NC(c4ccccc4)=C3)c2)N=C(c2ccccc2)NC1c1ccccc1. The number of fused-ring (bicyclic) bond motifs is 2. The smallest absolute Gasteiger partial charge is 0.145 e. The lowest BCUT2D eigenvalue weighted by Crippen LogP contribution is -2.31. The molecule has 0 saturated carbocycles. The Balaban J connectivity index is 1.15. The first-order chi connectivity index (χ1) is 27.7. The third-order valence-corrected chi connectivity index (χ3v) is 11.3. The predicted molar refractivity (Wildman–Crippen MR) is 229 cm³/mol. The zero-order valence-corrected chi connectivity index (χ0v) is 31.2. The van der Waals surface area contributed by atoms with E-state index in [2.05, 4.69) is 174 Å². The maximum atomic E-state index is 6.34. The van der Waals surface area contributed by atoms with Crippen molar-refractivity contribution in [2.24, 2.45) is 9.98 Å². The Morgan fingerprint density at radius 3 is 1.91 bits per heavy atom. The highest BCUT2D eigenvalue weighted by molar-refractivity contribution is 7.99. The Hall–Kier alpha value is -6.89. The first-order valence-corrected chi connectivity index (χ1v) is 19.6. The molecule has 268 valence electrons. The molecule has 0 radical (unpaired) electrons. The van der Waals surface area contributed by atoms with Crippen molar-refractivity contribution in [3.63, 3.8) is 0 Å². The largest absolute Gasteiger partial charge is 0.455 e. The zero-order valence-electron chi connectivity index (χ0n) is 30.3. The molecular formula is C50H36N4OS. The molecule has 0 amide bonds. The zero-order chi connectivity index (χ0) is 37.3. The van der Waals surface area contributed by atoms with Gasteiger partial charge in [-0.05, 0) is 70.3 Å². The second-order valence-corrected chi connectivity index (χ2v) is 15.0. The summed E-state index contributed by atoms with van der Waals surface area (Å²) < 4.78 is 6.34. The number of nitrogens with zero attached hydrogens (tertiary/aromatic N) is 2. The lowest BCUT2D eigenvalue weighted by Gasteiger charge is -2.27. The third kappa shape index (κ3) is 6.72. The highest BCUT2D eigenvalue weighted by Crippen LogP contribution is 2.48. The van der Waals surface area contributed by atoms with Gasteiger partial charge in [-0.3, -0.25) is 4.99 Å². The molecule has 7 aromatic carbocycles. The molecule has 2 unspecified atom stereocenters. The summed E-state index contributed by atoms with van der Waals surface area (Å²) in [6.45, 7) is 0. The van der Waals surface area contributed by atoms with Crippen LogP contribution in [0.5, 0.6) is 11.5 Å². The van der Waals surface area contributed by atoms with Crippen molar-refractivity contribution in [1.82, 2.24) is 10.6 Å². The highest BCUT2D eigenvalue weighted by Gasteiger charge is 2.25. The maximum absolute atomic E-state index is 6.34. The van der Waals surface area contributed by atoms with E-state index in [0.717, 1.165) is 83.2 Å². The van der Waals surface area contributed by atoms with Gasteiger partial charge >= 0.3 is 0 Å². The fourth-order valence-corrected chi connectivity index (χ4v) is 8.39. The number of hydrogen-bond acceptors (Lipinski definition) is 6. The van der Waals surface area contributed by atoms with Gasteiger partial charge in [0.15, 0.2) is 0 Å². The van der Waals surface area contributed by atoms with Crippen molar-refractivity contribution < 1.29 is 4.74 Å². The Bertz CT molecular complexity index is 2690. The summed E-state index contributed by atoms with van der Waals surface area (Å²) in [5.41, 5.74) is 11.4. The number of benzene rings is 7. The lowest BCUT2D eigenvalue weighted by molar-refractivity contribution is 0.454. The predicted octanol–water partition coefficient (Wildman–Crippen LogP) is 11.9. The summed E-state index contributed by atoms with van der Waals surface area (Å²) in [5, 5.41) is 7.44. The van der Waals surface area contributed by atoms with Gasteiger partial charge in [-0.25, -0.2) is 4.99 Å². The van der Waals surface area contributed by atoms with E-state index in [0.29, 0.717) is 0 Å². The highest BCUT2D eigenvalue weighted by atomic mass is 32.2. The molecular weight excluding hydrogens is 705 g/mol. The average molecular weight is 741 g/mol. The van der Waals surface area contributed by atoms with E-state index in [1.165, 1.54) is 5.56 Å². The maximum Gasteiger partial charge on any atom is 0.145 e. The van der Waals surface area contributed by atoms with Crippen molar-refractivity contribution in [3.8, 4) is 22.6 Å². The van der Waals surface area contributed by atoms with E-state index in [1.54, 1.807) is 11.8 Å². The normalized spacial score (nSPS) is 17.0. The molecule has 0 fully saturated rings. The number of rotatable bonds is 7. The summed E-state index contributed by atoms with van der Waals surface area (Å²) in [5.74, 6) is 2.58. The number of ether oxygens (including phenoxy) is 1. The first-order valence-electron chi connectivity index (χ1n) is 18.8. The summed E-state index contributed by atoms with van der Waals surface area (Å²) in [6, 6.07) is 63.1. The second-order valence-electron chi connectivity index (χ2n) is 13.9. The van der Waals surface area contributed by atoms with Crippen molar-refractivity contribution in [2.75, 3.05) is 0 Å². The third-order valence-electron chi connectivity index (χ3n) is 10.2. The Kier molecular flexibility index (Phi) is 8.86. The van der Waals surface area contributed by atoms with Gasteiger partial charge in [0.2, 0.25) is 0 Å². The average Bonchev–Trinajstić information content (AvgIpc) is 3.29. The molecule has 3 aliphatic heterocycles. The molecule has 0 saturated heterocycles. The molecule has 2 N–H and O–H groups in total. The van der Waals surface area contributed by atoms with E-state index in [4.69, 9.17) is 14.7 Å². The summed E-state index contributed by atoms with van der Waals surface area (Å²) >= 11 is 1.74. The number of hydrogen-bond donors (Lipinski definition) is 2. The Labute approximate surface area is 330 Å². The molecule has 0 aliphatic carbocycles. The molecule has 5 nitrogen and oxygen atoms in total. The van der Waals surface area contributed by atoms with Crippen molar-refractivity contribution in [3.05, 3.63) is 228 Å². The van der Waals surface area contributed by atoms with E-state index >= 15 is 0 Å². The minimum Gasteiger partial charge on any atom is -0.455 e. The molecule has 0 aromatic heterocycles. The molecule has 0 bridgehead atoms. The minimum absolute atomic E-state index is 0.0640. The van der Waals surface area contributed by atoms with Crippen LogP contribution in [0.3, 0.4) is 0 Å². The standard InChI is InChI=1S/C50H36N4OS/c1-5-15-33(16-6-1)41-31-43(53-49(51-41)35-19-9-3-10-20-35)38-25-27-39(37-26-28-46-48(30-37)56-47-24-14-13-23-45(47)55-46)40(29-38)44-32-42(34-17-7-2-8-18-34)52-50(54-44)36-21-11-4-12-22-36/h1-32,41,50,52H,(H,51,53). The van der Waals surface area contributed by atoms with Crippen LogP contribution in [0.1, 0.15) is 45.6 Å². The van der Waals surface area contributed by atoms with Crippen LogP contribution in [0, 0.1) is 0 Å². The molecule has 2 atom stereocenters. The van der Waals surface area contributed by atoms with Crippen LogP contribution >= 0.6 is 11.8 Å². The van der Waals surface area contributed by atoms with Gasteiger partial charge in [0.1, 0.15) is 23.5 Å². The number of allylic oxidation sites excluding steroid dienone is 1. The fraction of sp³-hybridized carbons (Fsp3) is 0.0400. The topological polar surface area (TPSA) is 58.0 Å². The van der Waals surface area contributed by atoms with Gasteiger partial charge in [-0.2, -0.15) is 0 Å². The summed E-state index contributed by atoms with van der Waals surface area (Å²) in [4.78, 5) is 12.9. The molecule has 56 heavy (non-hydrogen) atoms. The van der Waals surface area contributed by atoms with Gasteiger partial charge in [0, 0.05) is 22.4 Å². The quantitative estimate of drug-likeness (QED) is 0.171. The van der Waals surface area contributed by atoms with Crippen LogP contribution in [-0.4, -0.2) is 11.5 Å². The lowest BCUT2D eigenvalue weighted by atomic mass is 9.91. The molecule has 7 aromatic rings. The van der Waals surface area contributed by atoms with Crippen LogP contribution in [0.15, 0.2) is 214 Å².